The topological polar surface area (TPSA) is 62.3 Å². The summed E-state index contributed by atoms with van der Waals surface area (Å²) in [6.07, 6.45) is 2.33. The van der Waals surface area contributed by atoms with Crippen LogP contribution in [0, 0.1) is 6.92 Å². The Hall–Kier alpha value is -1.97. The summed E-state index contributed by atoms with van der Waals surface area (Å²) >= 11 is 0. The van der Waals surface area contributed by atoms with Gasteiger partial charge >= 0.3 is 5.97 Å². The normalized spacial score (nSPS) is 17.2. The number of H-pyrrole nitrogens is 1. The maximum absolute atomic E-state index is 11.7. The molecule has 0 spiro atoms. The molecule has 1 heterocycles. The highest BCUT2D eigenvalue weighted by molar-refractivity contribution is 5.92. The minimum absolute atomic E-state index is 0.688. The van der Waals surface area contributed by atoms with E-state index in [4.69, 9.17) is 4.74 Å². The number of benzene rings is 1. The van der Waals surface area contributed by atoms with Crippen molar-refractivity contribution in [2.75, 3.05) is 7.11 Å². The van der Waals surface area contributed by atoms with Crippen LogP contribution >= 0.6 is 0 Å². The highest BCUT2D eigenvalue weighted by atomic mass is 16.5. The SMILES string of the molecule is COc1c(C2(C(=O)O)CCC2)ccc2[nH]c(C)cc12. The predicted molar refractivity (Wildman–Crippen MR) is 72.8 cm³/mol. The lowest BCUT2D eigenvalue weighted by Crippen LogP contribution is -2.42. The van der Waals surface area contributed by atoms with Gasteiger partial charge in [0.05, 0.1) is 12.5 Å². The number of aryl methyl sites for hydroxylation is 1. The summed E-state index contributed by atoms with van der Waals surface area (Å²) in [5, 5.41) is 10.5. The average Bonchev–Trinajstić information content (AvgIpc) is 2.67. The maximum Gasteiger partial charge on any atom is 0.314 e. The van der Waals surface area contributed by atoms with E-state index in [1.54, 1.807) is 7.11 Å². The van der Waals surface area contributed by atoms with Crippen LogP contribution < -0.4 is 4.74 Å². The molecule has 1 aliphatic rings. The monoisotopic (exact) mass is 259 g/mol. The van der Waals surface area contributed by atoms with Crippen molar-refractivity contribution in [3.8, 4) is 5.75 Å². The van der Waals surface area contributed by atoms with E-state index in [9.17, 15) is 9.90 Å². The Morgan fingerprint density at radius 1 is 1.42 bits per heavy atom. The molecule has 3 rings (SSSR count). The first-order chi connectivity index (χ1) is 9.08. The molecule has 4 heteroatoms. The fourth-order valence-corrected chi connectivity index (χ4v) is 3.04. The van der Waals surface area contributed by atoms with E-state index in [2.05, 4.69) is 4.98 Å². The van der Waals surface area contributed by atoms with Crippen LogP contribution in [0.3, 0.4) is 0 Å². The first-order valence-electron chi connectivity index (χ1n) is 6.49. The van der Waals surface area contributed by atoms with Crippen molar-refractivity contribution >= 4 is 16.9 Å². The van der Waals surface area contributed by atoms with Crippen molar-refractivity contribution in [1.82, 2.24) is 4.98 Å². The number of aromatic nitrogens is 1. The van der Waals surface area contributed by atoms with Crippen LogP contribution in [-0.2, 0) is 10.2 Å². The van der Waals surface area contributed by atoms with Gasteiger partial charge in [0.25, 0.3) is 0 Å². The van der Waals surface area contributed by atoms with Gasteiger partial charge in [0.1, 0.15) is 5.75 Å². The van der Waals surface area contributed by atoms with Crippen LogP contribution in [0.1, 0.15) is 30.5 Å². The Balaban J connectivity index is 2.26. The lowest BCUT2D eigenvalue weighted by Gasteiger charge is -2.38. The Labute approximate surface area is 111 Å². The molecule has 1 fully saturated rings. The molecule has 2 N–H and O–H groups in total. The summed E-state index contributed by atoms with van der Waals surface area (Å²) in [5.41, 5.74) is 2.08. The molecule has 100 valence electrons. The zero-order valence-electron chi connectivity index (χ0n) is 11.1. The number of aliphatic carboxylic acids is 1. The number of aromatic amines is 1. The van der Waals surface area contributed by atoms with Gasteiger partial charge in [-0.1, -0.05) is 12.5 Å². The van der Waals surface area contributed by atoms with Crippen LogP contribution in [0.2, 0.25) is 0 Å². The predicted octanol–water partition coefficient (Wildman–Crippen LogP) is 2.99. The number of hydrogen-bond acceptors (Lipinski definition) is 2. The second-order valence-corrected chi connectivity index (χ2v) is 5.30. The average molecular weight is 259 g/mol. The second-order valence-electron chi connectivity index (χ2n) is 5.30. The van der Waals surface area contributed by atoms with E-state index < -0.39 is 11.4 Å². The molecule has 0 atom stereocenters. The number of carboxylic acids is 1. The first kappa shape index (κ1) is 12.1. The molecule has 1 aliphatic carbocycles. The van der Waals surface area contributed by atoms with E-state index >= 15 is 0 Å². The Bertz CT molecular complexity index is 653. The lowest BCUT2D eigenvalue weighted by molar-refractivity contribution is -0.147. The molecular weight excluding hydrogens is 242 g/mol. The van der Waals surface area contributed by atoms with Crippen LogP contribution in [-0.4, -0.2) is 23.2 Å². The van der Waals surface area contributed by atoms with Crippen LogP contribution in [0.15, 0.2) is 18.2 Å². The Morgan fingerprint density at radius 2 is 2.16 bits per heavy atom. The summed E-state index contributed by atoms with van der Waals surface area (Å²) < 4.78 is 5.52. The molecule has 0 aliphatic heterocycles. The Kier molecular flexibility index (Phi) is 2.55. The first-order valence-corrected chi connectivity index (χ1v) is 6.49. The quantitative estimate of drug-likeness (QED) is 0.890. The molecule has 0 radical (unpaired) electrons. The summed E-state index contributed by atoms with van der Waals surface area (Å²) in [7, 11) is 1.61. The van der Waals surface area contributed by atoms with Gasteiger partial charge in [0, 0.05) is 22.2 Å². The molecule has 1 aromatic heterocycles. The molecule has 0 amide bonds. The smallest absolute Gasteiger partial charge is 0.314 e. The van der Waals surface area contributed by atoms with Gasteiger partial charge in [-0.15, -0.1) is 0 Å². The third kappa shape index (κ3) is 1.56. The third-order valence-corrected chi connectivity index (χ3v) is 4.22. The fraction of sp³-hybridized carbons (Fsp3) is 0.400. The van der Waals surface area contributed by atoms with Crippen molar-refractivity contribution in [3.63, 3.8) is 0 Å². The van der Waals surface area contributed by atoms with Gasteiger partial charge in [-0.05, 0) is 31.9 Å². The number of nitrogens with one attached hydrogen (secondary N) is 1. The number of carbonyl (C=O) groups is 1. The summed E-state index contributed by atoms with van der Waals surface area (Å²) in [5.74, 6) is -0.0485. The van der Waals surface area contributed by atoms with Crippen molar-refractivity contribution in [2.24, 2.45) is 0 Å². The number of methoxy groups -OCH3 is 1. The molecule has 0 bridgehead atoms. The van der Waals surface area contributed by atoms with Crippen LogP contribution in [0.4, 0.5) is 0 Å². The highest BCUT2D eigenvalue weighted by Gasteiger charge is 2.48. The summed E-state index contributed by atoms with van der Waals surface area (Å²) in [6, 6.07) is 5.85. The van der Waals surface area contributed by atoms with E-state index in [-0.39, 0.29) is 0 Å². The van der Waals surface area contributed by atoms with Gasteiger partial charge < -0.3 is 14.8 Å². The number of rotatable bonds is 3. The molecule has 2 aromatic rings. The van der Waals surface area contributed by atoms with E-state index in [0.29, 0.717) is 18.6 Å². The number of ether oxygens (including phenoxy) is 1. The molecule has 0 unspecified atom stereocenters. The molecular formula is C15H17NO3. The van der Waals surface area contributed by atoms with Crippen molar-refractivity contribution in [3.05, 3.63) is 29.5 Å². The maximum atomic E-state index is 11.7. The van der Waals surface area contributed by atoms with Gasteiger partial charge in [0.15, 0.2) is 0 Å². The molecule has 1 aromatic carbocycles. The van der Waals surface area contributed by atoms with Crippen LogP contribution in [0.25, 0.3) is 10.9 Å². The van der Waals surface area contributed by atoms with E-state index in [1.807, 2.05) is 25.1 Å². The molecule has 1 saturated carbocycles. The largest absolute Gasteiger partial charge is 0.496 e. The number of carboxylic acid groups (broad SMARTS) is 1. The summed E-state index contributed by atoms with van der Waals surface area (Å²) in [4.78, 5) is 14.9. The van der Waals surface area contributed by atoms with Crippen LogP contribution in [0.5, 0.6) is 5.75 Å². The fourth-order valence-electron chi connectivity index (χ4n) is 3.04. The second kappa shape index (κ2) is 4.02. The molecule has 0 saturated heterocycles. The minimum Gasteiger partial charge on any atom is -0.496 e. The third-order valence-electron chi connectivity index (χ3n) is 4.22. The zero-order valence-corrected chi connectivity index (χ0v) is 11.1. The van der Waals surface area contributed by atoms with Crippen molar-refractivity contribution in [1.29, 1.82) is 0 Å². The zero-order chi connectivity index (χ0) is 13.6. The Morgan fingerprint density at radius 3 is 2.68 bits per heavy atom. The van der Waals surface area contributed by atoms with Gasteiger partial charge in [-0.3, -0.25) is 4.79 Å². The summed E-state index contributed by atoms with van der Waals surface area (Å²) in [6.45, 7) is 1.98. The van der Waals surface area contributed by atoms with Crippen molar-refractivity contribution in [2.45, 2.75) is 31.6 Å². The van der Waals surface area contributed by atoms with E-state index in [1.165, 1.54) is 0 Å². The van der Waals surface area contributed by atoms with E-state index in [0.717, 1.165) is 28.6 Å². The molecule has 19 heavy (non-hydrogen) atoms. The van der Waals surface area contributed by atoms with Gasteiger partial charge in [-0.2, -0.15) is 0 Å². The standard InChI is InChI=1S/C15H17NO3/c1-9-8-10-12(16-9)5-4-11(13(10)19-2)15(14(17)18)6-3-7-15/h4-5,8,16H,3,6-7H2,1-2H3,(H,17,18). The van der Waals surface area contributed by atoms with Crippen molar-refractivity contribution < 1.29 is 14.6 Å². The van der Waals surface area contributed by atoms with Gasteiger partial charge in [-0.25, -0.2) is 0 Å². The lowest BCUT2D eigenvalue weighted by atomic mass is 9.64. The van der Waals surface area contributed by atoms with Gasteiger partial charge in [0.2, 0.25) is 0 Å². The molecule has 4 nitrogen and oxygen atoms in total. The number of hydrogen-bond donors (Lipinski definition) is 2. The number of fused-ring (bicyclic) bond motifs is 1. The highest BCUT2D eigenvalue weighted by Crippen LogP contribution is 2.49. The minimum atomic E-state index is -0.759.